The molecule has 0 fully saturated rings. The maximum Gasteiger partial charge on any atom is 0.355 e. The van der Waals surface area contributed by atoms with Crippen molar-refractivity contribution >= 4 is 5.97 Å². The zero-order valence-electron chi connectivity index (χ0n) is 6.01. The SMILES string of the molecule is [O]C(=O)CCCCCCO. The highest BCUT2D eigenvalue weighted by Crippen LogP contribution is 2.01. The van der Waals surface area contributed by atoms with Gasteiger partial charge < -0.3 is 5.11 Å². The Morgan fingerprint density at radius 3 is 2.20 bits per heavy atom. The minimum atomic E-state index is -0.982. The van der Waals surface area contributed by atoms with Crippen LogP contribution in [0.3, 0.4) is 0 Å². The van der Waals surface area contributed by atoms with Crippen molar-refractivity contribution in [3.8, 4) is 0 Å². The highest BCUT2D eigenvalue weighted by atomic mass is 16.4. The van der Waals surface area contributed by atoms with E-state index in [-0.39, 0.29) is 13.0 Å². The lowest BCUT2D eigenvalue weighted by atomic mass is 10.1. The van der Waals surface area contributed by atoms with Crippen molar-refractivity contribution in [1.29, 1.82) is 0 Å². The van der Waals surface area contributed by atoms with Gasteiger partial charge in [-0.1, -0.05) is 12.8 Å². The molecule has 3 heteroatoms. The zero-order valence-corrected chi connectivity index (χ0v) is 6.01. The van der Waals surface area contributed by atoms with Gasteiger partial charge in [0, 0.05) is 6.61 Å². The average Bonchev–Trinajstić information content (AvgIpc) is 1.87. The molecule has 0 unspecified atom stereocenters. The van der Waals surface area contributed by atoms with Gasteiger partial charge in [0.1, 0.15) is 0 Å². The highest BCUT2D eigenvalue weighted by Gasteiger charge is 1.97. The van der Waals surface area contributed by atoms with Crippen LogP contribution in [0.4, 0.5) is 0 Å². The van der Waals surface area contributed by atoms with E-state index in [1.807, 2.05) is 0 Å². The molecular weight excluding hydrogens is 132 g/mol. The summed E-state index contributed by atoms with van der Waals surface area (Å²) in [5, 5.41) is 18.2. The predicted molar refractivity (Wildman–Crippen MR) is 35.9 cm³/mol. The van der Waals surface area contributed by atoms with Crippen LogP contribution in [0.2, 0.25) is 0 Å². The van der Waals surface area contributed by atoms with Crippen LogP contribution in [0.15, 0.2) is 0 Å². The van der Waals surface area contributed by atoms with Crippen LogP contribution < -0.4 is 0 Å². The van der Waals surface area contributed by atoms with Gasteiger partial charge in [-0.05, 0) is 12.8 Å². The van der Waals surface area contributed by atoms with Crippen LogP contribution in [-0.2, 0) is 9.90 Å². The molecule has 0 saturated heterocycles. The average molecular weight is 145 g/mol. The van der Waals surface area contributed by atoms with Crippen LogP contribution in [0.25, 0.3) is 0 Å². The molecule has 1 N–H and O–H groups in total. The summed E-state index contributed by atoms with van der Waals surface area (Å²) in [6, 6.07) is 0. The smallest absolute Gasteiger partial charge is 0.355 e. The number of aliphatic hydroxyl groups is 1. The van der Waals surface area contributed by atoms with Gasteiger partial charge in [0.15, 0.2) is 0 Å². The zero-order chi connectivity index (χ0) is 7.82. The summed E-state index contributed by atoms with van der Waals surface area (Å²) in [5.74, 6) is -0.982. The Balaban J connectivity index is 2.84. The molecule has 10 heavy (non-hydrogen) atoms. The van der Waals surface area contributed by atoms with Crippen LogP contribution in [0, 0.1) is 0 Å². The highest BCUT2D eigenvalue weighted by molar-refractivity contribution is 5.66. The lowest BCUT2D eigenvalue weighted by Crippen LogP contribution is -1.91. The summed E-state index contributed by atoms with van der Waals surface area (Å²) in [6.45, 7) is 0.200. The third kappa shape index (κ3) is 7.43. The van der Waals surface area contributed by atoms with E-state index in [2.05, 4.69) is 0 Å². The van der Waals surface area contributed by atoms with Crippen molar-refractivity contribution in [2.75, 3.05) is 6.61 Å². The number of rotatable bonds is 6. The van der Waals surface area contributed by atoms with Crippen molar-refractivity contribution in [2.24, 2.45) is 0 Å². The monoisotopic (exact) mass is 145 g/mol. The second-order valence-electron chi connectivity index (χ2n) is 2.26. The first-order valence-electron chi connectivity index (χ1n) is 3.58. The number of carbonyl (C=O) groups is 1. The van der Waals surface area contributed by atoms with Gasteiger partial charge in [0.25, 0.3) is 0 Å². The molecule has 0 aliphatic rings. The van der Waals surface area contributed by atoms with E-state index in [9.17, 15) is 9.90 Å². The first kappa shape index (κ1) is 9.43. The maximum atomic E-state index is 9.87. The van der Waals surface area contributed by atoms with E-state index < -0.39 is 5.97 Å². The molecule has 0 spiro atoms. The Morgan fingerprint density at radius 2 is 1.70 bits per heavy atom. The normalized spacial score (nSPS) is 9.70. The minimum absolute atomic E-state index is 0.144. The number of hydrogen-bond acceptors (Lipinski definition) is 2. The Kier molecular flexibility index (Phi) is 6.18. The number of hydrogen-bond donors (Lipinski definition) is 1. The maximum absolute atomic E-state index is 9.87. The third-order valence-corrected chi connectivity index (χ3v) is 1.29. The molecule has 0 aromatic heterocycles. The third-order valence-electron chi connectivity index (χ3n) is 1.29. The Hall–Kier alpha value is -0.570. The standard InChI is InChI=1S/C7H13O3/c8-6-4-2-1-3-5-7(9)10/h8H,1-6H2. The molecule has 0 saturated carbocycles. The van der Waals surface area contributed by atoms with E-state index in [1.165, 1.54) is 0 Å². The van der Waals surface area contributed by atoms with Crippen LogP contribution >= 0.6 is 0 Å². The summed E-state index contributed by atoms with van der Waals surface area (Å²) in [5.41, 5.74) is 0. The fourth-order valence-corrected chi connectivity index (χ4v) is 0.735. The molecule has 1 radical (unpaired) electrons. The van der Waals surface area contributed by atoms with Crippen LogP contribution in [0.5, 0.6) is 0 Å². The van der Waals surface area contributed by atoms with Crippen molar-refractivity contribution in [1.82, 2.24) is 0 Å². The minimum Gasteiger partial charge on any atom is -0.396 e. The molecule has 59 valence electrons. The van der Waals surface area contributed by atoms with Crippen molar-refractivity contribution in [3.05, 3.63) is 0 Å². The molecule has 0 aliphatic carbocycles. The first-order valence-corrected chi connectivity index (χ1v) is 3.58. The van der Waals surface area contributed by atoms with Crippen molar-refractivity contribution in [2.45, 2.75) is 32.1 Å². The summed E-state index contributed by atoms with van der Waals surface area (Å²) in [7, 11) is 0. The Morgan fingerprint density at radius 1 is 1.10 bits per heavy atom. The molecule has 0 aliphatic heterocycles. The van der Waals surface area contributed by atoms with Gasteiger partial charge in [-0.15, -0.1) is 0 Å². The van der Waals surface area contributed by atoms with E-state index in [0.717, 1.165) is 19.3 Å². The Labute approximate surface area is 60.7 Å². The molecular formula is C7H13O3. The van der Waals surface area contributed by atoms with E-state index in [1.54, 1.807) is 0 Å². The van der Waals surface area contributed by atoms with Gasteiger partial charge >= 0.3 is 5.97 Å². The molecule has 0 aromatic carbocycles. The molecule has 0 bridgehead atoms. The topological polar surface area (TPSA) is 57.2 Å². The predicted octanol–water partition coefficient (Wildman–Crippen LogP) is 0.886. The van der Waals surface area contributed by atoms with Crippen LogP contribution in [-0.4, -0.2) is 17.7 Å². The first-order chi connectivity index (χ1) is 4.77. The van der Waals surface area contributed by atoms with Gasteiger partial charge in [-0.25, -0.2) is 9.90 Å². The quantitative estimate of drug-likeness (QED) is 0.564. The summed E-state index contributed by atoms with van der Waals surface area (Å²) >= 11 is 0. The van der Waals surface area contributed by atoms with Gasteiger partial charge in [-0.3, -0.25) is 0 Å². The van der Waals surface area contributed by atoms with Gasteiger partial charge in [0.05, 0.1) is 6.42 Å². The van der Waals surface area contributed by atoms with Gasteiger partial charge in [-0.2, -0.15) is 0 Å². The van der Waals surface area contributed by atoms with Gasteiger partial charge in [0.2, 0.25) is 0 Å². The number of carbonyl (C=O) groups excluding carboxylic acids is 1. The second kappa shape index (κ2) is 6.55. The number of aliphatic hydroxyl groups excluding tert-OH is 1. The van der Waals surface area contributed by atoms with E-state index in [4.69, 9.17) is 5.11 Å². The number of unbranched alkanes of at least 4 members (excludes halogenated alkanes) is 3. The van der Waals surface area contributed by atoms with E-state index >= 15 is 0 Å². The van der Waals surface area contributed by atoms with Crippen molar-refractivity contribution < 1.29 is 15.0 Å². The lowest BCUT2D eigenvalue weighted by molar-refractivity contribution is -0.143. The molecule has 0 rings (SSSR count). The van der Waals surface area contributed by atoms with Crippen molar-refractivity contribution in [3.63, 3.8) is 0 Å². The molecule has 0 amide bonds. The molecule has 0 heterocycles. The fraction of sp³-hybridized carbons (Fsp3) is 0.857. The second-order valence-corrected chi connectivity index (χ2v) is 2.26. The lowest BCUT2D eigenvalue weighted by Gasteiger charge is -1.94. The summed E-state index contributed by atoms with van der Waals surface area (Å²) in [4.78, 5) is 9.87. The van der Waals surface area contributed by atoms with E-state index in [0.29, 0.717) is 6.42 Å². The summed E-state index contributed by atoms with van der Waals surface area (Å²) < 4.78 is 0. The Bertz CT molecular complexity index is 90.9. The van der Waals surface area contributed by atoms with Crippen LogP contribution in [0.1, 0.15) is 32.1 Å². The molecule has 3 nitrogen and oxygen atoms in total. The fourth-order valence-electron chi connectivity index (χ4n) is 0.735. The largest absolute Gasteiger partial charge is 0.396 e. The molecule has 0 atom stereocenters. The molecule has 0 aromatic rings. The summed E-state index contributed by atoms with van der Waals surface area (Å²) in [6.07, 6.45) is 3.36.